The number of rotatable bonds is 8. The van der Waals surface area contributed by atoms with E-state index in [1.54, 1.807) is 5.56 Å². The van der Waals surface area contributed by atoms with Crippen LogP contribution >= 0.6 is 0 Å². The van der Waals surface area contributed by atoms with E-state index in [1.165, 1.54) is 68.9 Å². The molecule has 0 spiro atoms. The molecule has 0 aromatic heterocycles. The van der Waals surface area contributed by atoms with Gasteiger partial charge < -0.3 is 0 Å². The SMILES string of the molecule is CCCC1CCC(c2ccc(CCC[C@H](C)c3ccccc3)cc2)CC1. The van der Waals surface area contributed by atoms with Crippen LogP contribution in [0.2, 0.25) is 0 Å². The second-order valence-electron chi connectivity index (χ2n) is 8.45. The Morgan fingerprint density at radius 3 is 2.23 bits per heavy atom. The molecule has 0 N–H and O–H groups in total. The summed E-state index contributed by atoms with van der Waals surface area (Å²) in [6, 6.07) is 20.5. The van der Waals surface area contributed by atoms with E-state index in [4.69, 9.17) is 0 Å². The zero-order valence-electron chi connectivity index (χ0n) is 16.8. The van der Waals surface area contributed by atoms with Gasteiger partial charge in [0.25, 0.3) is 0 Å². The van der Waals surface area contributed by atoms with Crippen molar-refractivity contribution in [3.63, 3.8) is 0 Å². The maximum absolute atomic E-state index is 2.42. The van der Waals surface area contributed by atoms with E-state index in [-0.39, 0.29) is 0 Å². The topological polar surface area (TPSA) is 0 Å². The predicted octanol–water partition coefficient (Wildman–Crippen LogP) is 7.89. The molecular formula is C26H36. The molecule has 0 aliphatic heterocycles. The zero-order valence-corrected chi connectivity index (χ0v) is 16.8. The van der Waals surface area contributed by atoms with Crippen LogP contribution in [0.3, 0.4) is 0 Å². The maximum Gasteiger partial charge on any atom is -0.0162 e. The molecule has 0 unspecified atom stereocenters. The van der Waals surface area contributed by atoms with Crippen LogP contribution in [-0.2, 0) is 6.42 Å². The fourth-order valence-electron chi connectivity index (χ4n) is 4.71. The Balaban J connectivity index is 1.43. The highest BCUT2D eigenvalue weighted by Gasteiger charge is 2.21. The number of hydrogen-bond donors (Lipinski definition) is 0. The highest BCUT2D eigenvalue weighted by Crippen LogP contribution is 2.37. The summed E-state index contributed by atoms with van der Waals surface area (Å²) >= 11 is 0. The monoisotopic (exact) mass is 348 g/mol. The second kappa shape index (κ2) is 9.95. The molecule has 1 fully saturated rings. The summed E-state index contributed by atoms with van der Waals surface area (Å²) in [5.41, 5.74) is 4.57. The van der Waals surface area contributed by atoms with Crippen molar-refractivity contribution in [2.24, 2.45) is 5.92 Å². The lowest BCUT2D eigenvalue weighted by Gasteiger charge is -2.28. The first-order valence-electron chi connectivity index (χ1n) is 10.9. The molecule has 1 aliphatic rings. The molecular weight excluding hydrogens is 312 g/mol. The fraction of sp³-hybridized carbons (Fsp3) is 0.538. The molecule has 1 atom stereocenters. The van der Waals surface area contributed by atoms with Crippen molar-refractivity contribution in [3.05, 3.63) is 71.3 Å². The first-order valence-corrected chi connectivity index (χ1v) is 10.9. The molecule has 26 heavy (non-hydrogen) atoms. The van der Waals surface area contributed by atoms with Crippen molar-refractivity contribution in [2.75, 3.05) is 0 Å². The Bertz CT molecular complexity index is 617. The van der Waals surface area contributed by atoms with E-state index in [1.807, 2.05) is 0 Å². The van der Waals surface area contributed by atoms with Gasteiger partial charge >= 0.3 is 0 Å². The Hall–Kier alpha value is -1.56. The average Bonchev–Trinajstić information content (AvgIpc) is 2.70. The summed E-state index contributed by atoms with van der Waals surface area (Å²) in [5.74, 6) is 2.48. The van der Waals surface area contributed by atoms with E-state index in [0.717, 1.165) is 11.8 Å². The third-order valence-corrected chi connectivity index (χ3v) is 6.47. The van der Waals surface area contributed by atoms with Gasteiger partial charge in [0, 0.05) is 0 Å². The Morgan fingerprint density at radius 1 is 0.885 bits per heavy atom. The van der Waals surface area contributed by atoms with Gasteiger partial charge in [0.05, 0.1) is 0 Å². The lowest BCUT2D eigenvalue weighted by atomic mass is 9.77. The van der Waals surface area contributed by atoms with E-state index in [2.05, 4.69) is 68.4 Å². The Kier molecular flexibility index (Phi) is 7.35. The van der Waals surface area contributed by atoms with Crippen LogP contribution in [0.15, 0.2) is 54.6 Å². The Morgan fingerprint density at radius 2 is 1.58 bits per heavy atom. The van der Waals surface area contributed by atoms with Crippen molar-refractivity contribution in [3.8, 4) is 0 Å². The highest BCUT2D eigenvalue weighted by molar-refractivity contribution is 5.26. The standard InChI is InChI=1S/C26H36/c1-3-8-22-13-17-25(18-14-22)26-19-15-23(16-20-26)10-7-9-21(2)24-11-5-4-6-12-24/h4-6,11-12,15-16,19-22,25H,3,7-10,13-14,17-18H2,1-2H3/t21-,22?,25?/m0/s1. The van der Waals surface area contributed by atoms with Gasteiger partial charge in [0.1, 0.15) is 0 Å². The van der Waals surface area contributed by atoms with Crippen LogP contribution < -0.4 is 0 Å². The lowest BCUT2D eigenvalue weighted by molar-refractivity contribution is 0.308. The molecule has 0 heterocycles. The number of benzene rings is 2. The molecule has 2 aromatic rings. The highest BCUT2D eigenvalue weighted by atomic mass is 14.3. The van der Waals surface area contributed by atoms with Crippen LogP contribution in [-0.4, -0.2) is 0 Å². The quantitative estimate of drug-likeness (QED) is 0.455. The van der Waals surface area contributed by atoms with Crippen LogP contribution in [0.25, 0.3) is 0 Å². The maximum atomic E-state index is 2.42. The largest absolute Gasteiger partial charge is 0.0654 e. The van der Waals surface area contributed by atoms with Gasteiger partial charge in [0.15, 0.2) is 0 Å². The van der Waals surface area contributed by atoms with Crippen molar-refractivity contribution in [1.82, 2.24) is 0 Å². The summed E-state index contributed by atoms with van der Waals surface area (Å²) in [6.07, 6.45) is 12.2. The molecule has 0 radical (unpaired) electrons. The van der Waals surface area contributed by atoms with Crippen molar-refractivity contribution >= 4 is 0 Å². The summed E-state index contributed by atoms with van der Waals surface area (Å²) in [7, 11) is 0. The van der Waals surface area contributed by atoms with E-state index in [0.29, 0.717) is 5.92 Å². The number of hydrogen-bond acceptors (Lipinski definition) is 0. The summed E-state index contributed by atoms with van der Waals surface area (Å²) in [4.78, 5) is 0. The van der Waals surface area contributed by atoms with Crippen LogP contribution in [0.5, 0.6) is 0 Å². The molecule has 0 nitrogen and oxygen atoms in total. The zero-order chi connectivity index (χ0) is 18.2. The van der Waals surface area contributed by atoms with Crippen LogP contribution in [0.4, 0.5) is 0 Å². The summed E-state index contributed by atoms with van der Waals surface area (Å²) < 4.78 is 0. The summed E-state index contributed by atoms with van der Waals surface area (Å²) in [6.45, 7) is 4.68. The smallest absolute Gasteiger partial charge is 0.0162 e. The Labute approximate surface area is 161 Å². The minimum atomic E-state index is 0.661. The van der Waals surface area contributed by atoms with Gasteiger partial charge in [-0.05, 0) is 79.4 Å². The summed E-state index contributed by atoms with van der Waals surface area (Å²) in [5, 5.41) is 0. The van der Waals surface area contributed by atoms with E-state index in [9.17, 15) is 0 Å². The van der Waals surface area contributed by atoms with E-state index < -0.39 is 0 Å². The van der Waals surface area contributed by atoms with Gasteiger partial charge in [0.2, 0.25) is 0 Å². The first-order chi connectivity index (χ1) is 12.8. The van der Waals surface area contributed by atoms with Crippen LogP contribution in [0, 0.1) is 5.92 Å². The molecule has 1 aliphatic carbocycles. The molecule has 0 amide bonds. The minimum Gasteiger partial charge on any atom is -0.0654 e. The van der Waals surface area contributed by atoms with Crippen molar-refractivity contribution in [2.45, 2.75) is 83.5 Å². The number of aryl methyl sites for hydroxylation is 1. The second-order valence-corrected chi connectivity index (χ2v) is 8.45. The van der Waals surface area contributed by atoms with Gasteiger partial charge in [-0.3, -0.25) is 0 Å². The minimum absolute atomic E-state index is 0.661. The fourth-order valence-corrected chi connectivity index (χ4v) is 4.71. The molecule has 2 aromatic carbocycles. The van der Waals surface area contributed by atoms with Crippen LogP contribution in [0.1, 0.15) is 93.7 Å². The van der Waals surface area contributed by atoms with Gasteiger partial charge in [-0.1, -0.05) is 81.3 Å². The van der Waals surface area contributed by atoms with Gasteiger partial charge in [-0.2, -0.15) is 0 Å². The molecule has 3 rings (SSSR count). The average molecular weight is 349 g/mol. The first kappa shape index (κ1) is 19.2. The van der Waals surface area contributed by atoms with Crippen molar-refractivity contribution in [1.29, 1.82) is 0 Å². The third kappa shape index (κ3) is 5.47. The molecule has 140 valence electrons. The normalized spacial score (nSPS) is 21.5. The van der Waals surface area contributed by atoms with E-state index >= 15 is 0 Å². The third-order valence-electron chi connectivity index (χ3n) is 6.47. The lowest BCUT2D eigenvalue weighted by Crippen LogP contribution is -2.13. The van der Waals surface area contributed by atoms with Crippen molar-refractivity contribution < 1.29 is 0 Å². The van der Waals surface area contributed by atoms with Gasteiger partial charge in [-0.15, -0.1) is 0 Å². The van der Waals surface area contributed by atoms with Gasteiger partial charge in [-0.25, -0.2) is 0 Å². The molecule has 0 bridgehead atoms. The molecule has 0 saturated heterocycles. The predicted molar refractivity (Wildman–Crippen MR) is 114 cm³/mol. The molecule has 1 saturated carbocycles. The molecule has 0 heteroatoms.